The van der Waals surface area contributed by atoms with E-state index in [9.17, 15) is 0 Å². The van der Waals surface area contributed by atoms with E-state index in [1.165, 1.54) is 24.2 Å². The van der Waals surface area contributed by atoms with Gasteiger partial charge in [-0.25, -0.2) is 0 Å². The summed E-state index contributed by atoms with van der Waals surface area (Å²) in [6, 6.07) is 9.07. The van der Waals surface area contributed by atoms with E-state index in [2.05, 4.69) is 52.1 Å². The Morgan fingerprint density at radius 2 is 1.24 bits per heavy atom. The number of hydrogen-bond donors (Lipinski definition) is 0. The van der Waals surface area contributed by atoms with Gasteiger partial charge in [0.15, 0.2) is 0 Å². The zero-order valence-corrected chi connectivity index (χ0v) is 12.6. The van der Waals surface area contributed by atoms with Gasteiger partial charge in [0.05, 0.1) is 20.1 Å². The highest BCUT2D eigenvalue weighted by Gasteiger charge is 2.16. The van der Waals surface area contributed by atoms with Crippen molar-refractivity contribution in [1.29, 1.82) is 0 Å². The van der Waals surface area contributed by atoms with Crippen LogP contribution in [0.3, 0.4) is 0 Å². The fraction of sp³-hybridized carbons (Fsp3) is 0.625. The predicted molar refractivity (Wildman–Crippen MR) is 78.1 cm³/mol. The van der Waals surface area contributed by atoms with Gasteiger partial charge in [-0.3, -0.25) is 0 Å². The molecule has 0 amide bonds. The fourth-order valence-corrected chi connectivity index (χ4v) is 1.77. The van der Waals surface area contributed by atoms with Crippen molar-refractivity contribution >= 4 is 0 Å². The lowest BCUT2D eigenvalue weighted by Crippen LogP contribution is -2.42. The van der Waals surface area contributed by atoms with Gasteiger partial charge < -0.3 is 4.48 Å². The van der Waals surface area contributed by atoms with E-state index in [4.69, 9.17) is 0 Å². The van der Waals surface area contributed by atoms with Crippen LogP contribution in [0.5, 0.6) is 0 Å². The summed E-state index contributed by atoms with van der Waals surface area (Å²) in [5.41, 5.74) is 2.89. The molecule has 1 nitrogen and oxygen atoms in total. The van der Waals surface area contributed by atoms with E-state index in [0.29, 0.717) is 0 Å². The van der Waals surface area contributed by atoms with Gasteiger partial charge in [0, 0.05) is 5.56 Å². The minimum atomic E-state index is 1.13. The molecule has 0 aliphatic carbocycles. The van der Waals surface area contributed by atoms with E-state index in [1.54, 1.807) is 0 Å². The van der Waals surface area contributed by atoms with E-state index >= 15 is 0 Å². The lowest BCUT2D eigenvalue weighted by molar-refractivity contribution is -0.919. The van der Waals surface area contributed by atoms with E-state index < -0.39 is 0 Å². The van der Waals surface area contributed by atoms with Gasteiger partial charge in [-0.1, -0.05) is 45.0 Å². The zero-order chi connectivity index (χ0) is 13.3. The second-order valence-corrected chi connectivity index (χ2v) is 4.58. The van der Waals surface area contributed by atoms with Gasteiger partial charge in [0.2, 0.25) is 0 Å². The molecule has 1 rings (SSSR count). The number of hydrogen-bond acceptors (Lipinski definition) is 0. The maximum absolute atomic E-state index is 2.33. The molecule has 0 radical (unpaired) electrons. The Morgan fingerprint density at radius 1 is 0.824 bits per heavy atom. The molecule has 0 aliphatic heterocycles. The highest BCUT2D eigenvalue weighted by molar-refractivity contribution is 5.21. The summed E-state index contributed by atoms with van der Waals surface area (Å²) in [6.45, 7) is 14.3. The van der Waals surface area contributed by atoms with Crippen molar-refractivity contribution < 1.29 is 4.48 Å². The maximum Gasteiger partial charge on any atom is 0.104 e. The third-order valence-electron chi connectivity index (χ3n) is 3.52. The quantitative estimate of drug-likeness (QED) is 0.670. The molecule has 98 valence electrons. The molecule has 0 spiro atoms. The van der Waals surface area contributed by atoms with Gasteiger partial charge in [-0.15, -0.1) is 0 Å². The van der Waals surface area contributed by atoms with Crippen LogP contribution in [0.4, 0.5) is 0 Å². The Morgan fingerprint density at radius 3 is 1.59 bits per heavy atom. The predicted octanol–water partition coefficient (Wildman–Crippen LogP) is 4.26. The van der Waals surface area contributed by atoms with Gasteiger partial charge in [-0.05, 0) is 25.8 Å². The average molecular weight is 236 g/mol. The number of nitrogens with zero attached hydrogens (tertiary/aromatic N) is 1. The summed E-state index contributed by atoms with van der Waals surface area (Å²) in [6.07, 6.45) is 1.13. The molecule has 1 aromatic carbocycles. The topological polar surface area (TPSA) is 0 Å². The van der Waals surface area contributed by atoms with Crippen LogP contribution in [-0.4, -0.2) is 24.6 Å². The van der Waals surface area contributed by atoms with Crippen LogP contribution in [0, 0.1) is 0 Å². The Labute approximate surface area is 108 Å². The van der Waals surface area contributed by atoms with Crippen molar-refractivity contribution in [2.45, 2.75) is 47.6 Å². The molecule has 0 unspecified atom stereocenters. The third kappa shape index (κ3) is 5.36. The normalized spacial score (nSPS) is 10.7. The molecule has 17 heavy (non-hydrogen) atoms. The zero-order valence-electron chi connectivity index (χ0n) is 12.6. The standard InChI is InChI=1S/C14H24N.C2H6/c1-5-13-8-10-14(11-9-13)12-15(4,6-2)7-3;1-2/h8-11H,5-7,12H2,1-4H3;1-2H3/q+1;. The van der Waals surface area contributed by atoms with Gasteiger partial charge in [0.1, 0.15) is 6.54 Å². The molecular weight excluding hydrogens is 206 g/mol. The molecule has 1 aromatic rings. The minimum Gasteiger partial charge on any atom is -0.323 e. The van der Waals surface area contributed by atoms with E-state index in [0.717, 1.165) is 17.4 Å². The summed E-state index contributed by atoms with van der Waals surface area (Å²) in [5, 5.41) is 0. The lowest BCUT2D eigenvalue weighted by atomic mass is 10.1. The van der Waals surface area contributed by atoms with Crippen LogP contribution >= 0.6 is 0 Å². The highest BCUT2D eigenvalue weighted by Crippen LogP contribution is 2.12. The molecule has 0 atom stereocenters. The molecule has 1 heteroatoms. The molecular formula is C16H30N+. The van der Waals surface area contributed by atoms with Crippen LogP contribution in [0.1, 0.15) is 45.7 Å². The minimum absolute atomic E-state index is 1.13. The first kappa shape index (κ1) is 16.2. The fourth-order valence-electron chi connectivity index (χ4n) is 1.77. The van der Waals surface area contributed by atoms with Crippen LogP contribution < -0.4 is 0 Å². The summed E-state index contributed by atoms with van der Waals surface area (Å²) < 4.78 is 1.13. The van der Waals surface area contributed by atoms with Crippen LogP contribution in [0.15, 0.2) is 24.3 Å². The maximum atomic E-state index is 2.33. The third-order valence-corrected chi connectivity index (χ3v) is 3.52. The van der Waals surface area contributed by atoms with Crippen LogP contribution in [0.25, 0.3) is 0 Å². The summed E-state index contributed by atoms with van der Waals surface area (Å²) in [4.78, 5) is 0. The first-order valence-electron chi connectivity index (χ1n) is 7.05. The molecule has 0 bridgehead atoms. The summed E-state index contributed by atoms with van der Waals surface area (Å²) in [7, 11) is 2.33. The van der Waals surface area contributed by atoms with Crippen LogP contribution in [0.2, 0.25) is 0 Å². The van der Waals surface area contributed by atoms with Gasteiger partial charge >= 0.3 is 0 Å². The van der Waals surface area contributed by atoms with Crippen molar-refractivity contribution in [2.75, 3.05) is 20.1 Å². The average Bonchev–Trinajstić information content (AvgIpc) is 2.42. The molecule has 0 fully saturated rings. The molecule has 0 saturated carbocycles. The number of rotatable bonds is 5. The number of benzene rings is 1. The summed E-state index contributed by atoms with van der Waals surface area (Å²) >= 11 is 0. The number of quaternary nitrogens is 1. The van der Waals surface area contributed by atoms with E-state index in [1.807, 2.05) is 13.8 Å². The first-order valence-corrected chi connectivity index (χ1v) is 7.05. The molecule has 0 aromatic heterocycles. The Bertz CT molecular complexity index is 283. The van der Waals surface area contributed by atoms with Gasteiger partial charge in [-0.2, -0.15) is 0 Å². The van der Waals surface area contributed by atoms with E-state index in [-0.39, 0.29) is 0 Å². The largest absolute Gasteiger partial charge is 0.323 e. The lowest BCUT2D eigenvalue weighted by Gasteiger charge is -2.32. The Balaban J connectivity index is 0.00000121. The number of aryl methyl sites for hydroxylation is 1. The van der Waals surface area contributed by atoms with Crippen molar-refractivity contribution in [1.82, 2.24) is 0 Å². The Kier molecular flexibility index (Phi) is 7.90. The van der Waals surface area contributed by atoms with Crippen molar-refractivity contribution in [2.24, 2.45) is 0 Å². The molecule has 0 heterocycles. The van der Waals surface area contributed by atoms with Crippen molar-refractivity contribution in [3.05, 3.63) is 35.4 Å². The second-order valence-electron chi connectivity index (χ2n) is 4.58. The van der Waals surface area contributed by atoms with Crippen molar-refractivity contribution in [3.63, 3.8) is 0 Å². The summed E-state index contributed by atoms with van der Waals surface area (Å²) in [5.74, 6) is 0. The smallest absolute Gasteiger partial charge is 0.104 e. The molecule has 0 N–H and O–H groups in total. The van der Waals surface area contributed by atoms with Crippen molar-refractivity contribution in [3.8, 4) is 0 Å². The van der Waals surface area contributed by atoms with Crippen LogP contribution in [-0.2, 0) is 13.0 Å². The highest BCUT2D eigenvalue weighted by atomic mass is 15.3. The molecule has 0 aliphatic rings. The Hall–Kier alpha value is -0.820. The SMILES string of the molecule is CC.CCc1ccc(C[N+](C)(CC)CC)cc1. The van der Waals surface area contributed by atoms with Gasteiger partial charge in [0.25, 0.3) is 0 Å². The second kappa shape index (κ2) is 8.30. The monoisotopic (exact) mass is 236 g/mol. The first-order chi connectivity index (χ1) is 8.13. The molecule has 0 saturated heterocycles.